The Morgan fingerprint density at radius 1 is 1.23 bits per heavy atom. The van der Waals surface area contributed by atoms with Crippen LogP contribution in [0.4, 0.5) is 19.7 Å². The monoisotopic (exact) mass is 416 g/mol. The molecular weight excluding hydrogens is 395 g/mol. The SMILES string of the molecule is CC(=O)NC[C@H]1CN(c2ccc(-c3ccc(CNNC(=O)O)cc3)c(F)c2)C(=O)O1. The first kappa shape index (κ1) is 21.1. The van der Waals surface area contributed by atoms with Gasteiger partial charge in [0.25, 0.3) is 0 Å². The second-order valence-corrected chi connectivity index (χ2v) is 6.70. The van der Waals surface area contributed by atoms with Gasteiger partial charge < -0.3 is 15.2 Å². The Hall–Kier alpha value is -3.66. The molecule has 4 N–H and O–H groups in total. The summed E-state index contributed by atoms with van der Waals surface area (Å²) in [6.45, 7) is 2.06. The highest BCUT2D eigenvalue weighted by Crippen LogP contribution is 2.29. The molecule has 3 amide bonds. The molecule has 0 aromatic heterocycles. The van der Waals surface area contributed by atoms with Crippen LogP contribution in [0.3, 0.4) is 0 Å². The molecule has 2 aromatic carbocycles. The third-order valence-corrected chi connectivity index (χ3v) is 4.47. The fraction of sp³-hybridized carbons (Fsp3) is 0.250. The first-order valence-corrected chi connectivity index (χ1v) is 9.16. The number of cyclic esters (lactones) is 1. The van der Waals surface area contributed by atoms with E-state index in [2.05, 4.69) is 10.7 Å². The van der Waals surface area contributed by atoms with E-state index in [1.54, 1.807) is 36.4 Å². The van der Waals surface area contributed by atoms with Crippen molar-refractivity contribution in [3.8, 4) is 11.1 Å². The van der Waals surface area contributed by atoms with Crippen molar-refractivity contribution in [1.29, 1.82) is 0 Å². The van der Waals surface area contributed by atoms with E-state index in [9.17, 15) is 18.8 Å². The molecule has 1 heterocycles. The highest BCUT2D eigenvalue weighted by molar-refractivity contribution is 5.90. The van der Waals surface area contributed by atoms with E-state index >= 15 is 0 Å². The average molecular weight is 416 g/mol. The zero-order valence-corrected chi connectivity index (χ0v) is 16.1. The number of carboxylic acid groups (broad SMARTS) is 1. The number of nitrogens with zero attached hydrogens (tertiary/aromatic N) is 1. The molecule has 0 aliphatic carbocycles. The van der Waals surface area contributed by atoms with Gasteiger partial charge in [-0.25, -0.2) is 19.4 Å². The van der Waals surface area contributed by atoms with Crippen LogP contribution in [0, 0.1) is 5.82 Å². The van der Waals surface area contributed by atoms with Crippen LogP contribution in [-0.4, -0.2) is 42.4 Å². The zero-order valence-electron chi connectivity index (χ0n) is 16.1. The molecule has 0 radical (unpaired) electrons. The number of ether oxygens (including phenoxy) is 1. The Balaban J connectivity index is 1.67. The van der Waals surface area contributed by atoms with Gasteiger partial charge in [0.1, 0.15) is 11.9 Å². The number of hydrazine groups is 1. The Morgan fingerprint density at radius 3 is 2.60 bits per heavy atom. The van der Waals surface area contributed by atoms with Crippen LogP contribution in [0.15, 0.2) is 42.5 Å². The number of benzene rings is 2. The number of halogens is 1. The van der Waals surface area contributed by atoms with Crippen molar-refractivity contribution in [3.05, 3.63) is 53.8 Å². The first-order chi connectivity index (χ1) is 14.3. The number of rotatable bonds is 7. The lowest BCUT2D eigenvalue weighted by molar-refractivity contribution is -0.119. The lowest BCUT2D eigenvalue weighted by Crippen LogP contribution is -2.35. The van der Waals surface area contributed by atoms with Crippen molar-refractivity contribution in [2.24, 2.45) is 0 Å². The predicted molar refractivity (Wildman–Crippen MR) is 106 cm³/mol. The maximum absolute atomic E-state index is 14.7. The normalized spacial score (nSPS) is 15.6. The molecule has 10 heteroatoms. The molecule has 30 heavy (non-hydrogen) atoms. The summed E-state index contributed by atoms with van der Waals surface area (Å²) in [5, 5.41) is 11.1. The average Bonchev–Trinajstić information content (AvgIpc) is 3.07. The standard InChI is InChI=1S/C20H21FN4O5/c1-12(26)22-10-16-11-25(20(29)30-16)15-6-7-17(18(21)8-15)14-4-2-13(3-5-14)9-23-24-19(27)28/h2-8,16,23-24H,9-11H2,1H3,(H,22,26)(H,27,28)/t16-/m0/s1. The summed E-state index contributed by atoms with van der Waals surface area (Å²) in [5.74, 6) is -0.719. The number of amides is 3. The Labute approximate surface area is 171 Å². The van der Waals surface area contributed by atoms with Crippen molar-refractivity contribution in [1.82, 2.24) is 16.2 Å². The van der Waals surface area contributed by atoms with Gasteiger partial charge in [0.15, 0.2) is 0 Å². The van der Waals surface area contributed by atoms with Gasteiger partial charge in [0, 0.05) is 19.0 Å². The molecular formula is C20H21FN4O5. The summed E-state index contributed by atoms with van der Waals surface area (Å²) in [4.78, 5) is 34.8. The number of carbonyl (C=O) groups is 3. The summed E-state index contributed by atoms with van der Waals surface area (Å²) in [6, 6.07) is 11.4. The molecule has 9 nitrogen and oxygen atoms in total. The van der Waals surface area contributed by atoms with Crippen molar-refractivity contribution >= 4 is 23.8 Å². The second-order valence-electron chi connectivity index (χ2n) is 6.70. The van der Waals surface area contributed by atoms with Crippen LogP contribution in [0.25, 0.3) is 11.1 Å². The Morgan fingerprint density at radius 2 is 1.97 bits per heavy atom. The minimum Gasteiger partial charge on any atom is -0.464 e. The van der Waals surface area contributed by atoms with E-state index in [4.69, 9.17) is 9.84 Å². The Bertz CT molecular complexity index is 951. The van der Waals surface area contributed by atoms with Gasteiger partial charge in [-0.15, -0.1) is 0 Å². The van der Waals surface area contributed by atoms with Gasteiger partial charge >= 0.3 is 12.2 Å². The van der Waals surface area contributed by atoms with E-state index in [0.717, 1.165) is 5.56 Å². The van der Waals surface area contributed by atoms with Crippen LogP contribution < -0.4 is 21.1 Å². The maximum atomic E-state index is 14.7. The third-order valence-electron chi connectivity index (χ3n) is 4.47. The highest BCUT2D eigenvalue weighted by Gasteiger charge is 2.32. The van der Waals surface area contributed by atoms with Crippen LogP contribution in [0.2, 0.25) is 0 Å². The Kier molecular flexibility index (Phi) is 6.48. The lowest BCUT2D eigenvalue weighted by Gasteiger charge is -2.15. The molecule has 3 rings (SSSR count). The smallest absolute Gasteiger partial charge is 0.419 e. The van der Waals surface area contributed by atoms with Gasteiger partial charge in [0.05, 0.1) is 18.8 Å². The molecule has 2 aromatic rings. The number of hydrogen-bond acceptors (Lipinski definition) is 5. The van der Waals surface area contributed by atoms with E-state index in [1.807, 2.05) is 5.43 Å². The van der Waals surface area contributed by atoms with E-state index in [-0.39, 0.29) is 25.5 Å². The zero-order chi connectivity index (χ0) is 21.7. The minimum absolute atomic E-state index is 0.196. The summed E-state index contributed by atoms with van der Waals surface area (Å²) in [5.41, 5.74) is 6.77. The first-order valence-electron chi connectivity index (χ1n) is 9.16. The topological polar surface area (TPSA) is 120 Å². The highest BCUT2D eigenvalue weighted by atomic mass is 19.1. The number of carbonyl (C=O) groups excluding carboxylic acids is 2. The molecule has 0 bridgehead atoms. The van der Waals surface area contributed by atoms with Crippen molar-refractivity contribution < 1.29 is 28.6 Å². The van der Waals surface area contributed by atoms with Gasteiger partial charge in [-0.3, -0.25) is 15.1 Å². The van der Waals surface area contributed by atoms with Crippen molar-refractivity contribution in [3.63, 3.8) is 0 Å². The van der Waals surface area contributed by atoms with E-state index in [1.165, 1.54) is 17.9 Å². The quantitative estimate of drug-likeness (QED) is 0.514. The largest absolute Gasteiger partial charge is 0.464 e. The second kappa shape index (κ2) is 9.23. The van der Waals surface area contributed by atoms with Crippen molar-refractivity contribution in [2.75, 3.05) is 18.0 Å². The fourth-order valence-corrected chi connectivity index (χ4v) is 3.03. The third kappa shape index (κ3) is 5.23. The van der Waals surface area contributed by atoms with Crippen molar-refractivity contribution in [2.45, 2.75) is 19.6 Å². The summed E-state index contributed by atoms with van der Waals surface area (Å²) in [6.07, 6.45) is -2.28. The summed E-state index contributed by atoms with van der Waals surface area (Å²) < 4.78 is 19.9. The maximum Gasteiger partial charge on any atom is 0.419 e. The van der Waals surface area contributed by atoms with Gasteiger partial charge in [-0.05, 0) is 29.3 Å². The van der Waals surface area contributed by atoms with Gasteiger partial charge in [-0.1, -0.05) is 24.3 Å². The molecule has 158 valence electrons. The van der Waals surface area contributed by atoms with E-state index in [0.29, 0.717) is 16.8 Å². The minimum atomic E-state index is -1.18. The number of hydrogen-bond donors (Lipinski definition) is 4. The predicted octanol–water partition coefficient (Wildman–Crippen LogP) is 2.23. The molecule has 1 aliphatic rings. The summed E-state index contributed by atoms with van der Waals surface area (Å²) in [7, 11) is 0. The number of nitrogens with one attached hydrogen (secondary N) is 3. The molecule has 1 fully saturated rings. The van der Waals surface area contributed by atoms with Gasteiger partial charge in [0.2, 0.25) is 5.91 Å². The van der Waals surface area contributed by atoms with Crippen LogP contribution in [-0.2, 0) is 16.1 Å². The lowest BCUT2D eigenvalue weighted by atomic mass is 10.0. The van der Waals surface area contributed by atoms with Crippen LogP contribution >= 0.6 is 0 Å². The molecule has 0 unspecified atom stereocenters. The molecule has 1 aliphatic heterocycles. The van der Waals surface area contributed by atoms with Crippen LogP contribution in [0.1, 0.15) is 12.5 Å². The van der Waals surface area contributed by atoms with Gasteiger partial charge in [-0.2, -0.15) is 0 Å². The molecule has 1 saturated heterocycles. The van der Waals surface area contributed by atoms with E-state index < -0.39 is 24.1 Å². The molecule has 1 atom stereocenters. The number of anilines is 1. The summed E-state index contributed by atoms with van der Waals surface area (Å²) >= 11 is 0. The van der Waals surface area contributed by atoms with Crippen LogP contribution in [0.5, 0.6) is 0 Å². The fourth-order valence-electron chi connectivity index (χ4n) is 3.03. The molecule has 0 saturated carbocycles. The molecule has 0 spiro atoms.